The van der Waals surface area contributed by atoms with E-state index < -0.39 is 6.04 Å². The van der Waals surface area contributed by atoms with Crippen molar-refractivity contribution in [2.75, 3.05) is 34.2 Å². The maximum absolute atomic E-state index is 12.6. The molecule has 1 rings (SSSR count). The molecule has 1 unspecified atom stereocenters. The molecular weight excluding hydrogens is 384 g/mol. The van der Waals surface area contributed by atoms with Gasteiger partial charge in [0.25, 0.3) is 0 Å². The van der Waals surface area contributed by atoms with Crippen molar-refractivity contribution in [3.8, 4) is 0 Å². The average Bonchev–Trinajstić information content (AvgIpc) is 2.74. The van der Waals surface area contributed by atoms with Crippen molar-refractivity contribution in [3.05, 3.63) is 35.9 Å². The van der Waals surface area contributed by atoms with Crippen molar-refractivity contribution in [3.63, 3.8) is 0 Å². The number of amides is 3. The third kappa shape index (κ3) is 10.4. The fraction of sp³-hybridized carbons (Fsp3) is 0.524. The van der Waals surface area contributed by atoms with Gasteiger partial charge in [-0.25, -0.2) is 0 Å². The molecule has 30 heavy (non-hydrogen) atoms. The second-order valence-corrected chi connectivity index (χ2v) is 7.10. The van der Waals surface area contributed by atoms with Gasteiger partial charge >= 0.3 is 0 Å². The highest BCUT2D eigenvalue weighted by molar-refractivity contribution is 5.89. The molecule has 0 aliphatic rings. The van der Waals surface area contributed by atoms with Crippen LogP contribution in [0.4, 0.5) is 0 Å². The molecule has 0 aromatic heterocycles. The van der Waals surface area contributed by atoms with Crippen molar-refractivity contribution in [1.29, 1.82) is 0 Å². The Morgan fingerprint density at radius 3 is 2.40 bits per heavy atom. The summed E-state index contributed by atoms with van der Waals surface area (Å²) in [5, 5.41) is 8.09. The van der Waals surface area contributed by atoms with Crippen molar-refractivity contribution in [2.24, 2.45) is 10.7 Å². The fourth-order valence-corrected chi connectivity index (χ4v) is 2.62. The first-order valence-electron chi connectivity index (χ1n) is 10.1. The van der Waals surface area contributed by atoms with Crippen LogP contribution in [-0.2, 0) is 20.8 Å². The lowest BCUT2D eigenvalue weighted by Gasteiger charge is -2.18. The van der Waals surface area contributed by atoms with Gasteiger partial charge in [0, 0.05) is 47.1 Å². The van der Waals surface area contributed by atoms with Gasteiger partial charge in [-0.2, -0.15) is 0 Å². The number of nitrogens with two attached hydrogens (primary N) is 1. The summed E-state index contributed by atoms with van der Waals surface area (Å²) in [6.07, 6.45) is 1.81. The van der Waals surface area contributed by atoms with Crippen LogP contribution in [0.2, 0.25) is 0 Å². The minimum atomic E-state index is -0.686. The fourth-order valence-electron chi connectivity index (χ4n) is 2.62. The maximum Gasteiger partial charge on any atom is 0.242 e. The first kappa shape index (κ1) is 24.9. The quantitative estimate of drug-likeness (QED) is 0.216. The molecule has 9 nitrogen and oxygen atoms in total. The minimum absolute atomic E-state index is 0.0270. The normalized spacial score (nSPS) is 12.0. The molecule has 0 aliphatic heterocycles. The lowest BCUT2D eigenvalue weighted by molar-refractivity contribution is -0.130. The molecular formula is C21H34N6O3. The predicted octanol–water partition coefficient (Wildman–Crippen LogP) is 0.0128. The van der Waals surface area contributed by atoms with Crippen LogP contribution in [0.1, 0.15) is 31.2 Å². The molecule has 0 bridgehead atoms. The van der Waals surface area contributed by atoms with Crippen LogP contribution in [0.5, 0.6) is 0 Å². The Balaban J connectivity index is 2.58. The van der Waals surface area contributed by atoms with Gasteiger partial charge in [-0.05, 0) is 24.8 Å². The highest BCUT2D eigenvalue weighted by Gasteiger charge is 2.20. The first-order valence-corrected chi connectivity index (χ1v) is 10.1. The first-order chi connectivity index (χ1) is 14.3. The molecule has 0 radical (unpaired) electrons. The molecule has 0 fully saturated rings. The Morgan fingerprint density at radius 2 is 1.77 bits per heavy atom. The molecule has 0 saturated carbocycles. The molecule has 0 spiro atoms. The monoisotopic (exact) mass is 418 g/mol. The van der Waals surface area contributed by atoms with Gasteiger partial charge in [-0.15, -0.1) is 0 Å². The van der Waals surface area contributed by atoms with Crippen LogP contribution in [0, 0.1) is 0 Å². The highest BCUT2D eigenvalue weighted by atomic mass is 16.2. The van der Waals surface area contributed by atoms with E-state index in [9.17, 15) is 14.4 Å². The van der Waals surface area contributed by atoms with E-state index in [0.717, 1.165) is 5.56 Å². The van der Waals surface area contributed by atoms with Crippen LogP contribution >= 0.6 is 0 Å². The molecule has 1 atom stereocenters. The molecule has 0 aliphatic carbocycles. The van der Waals surface area contributed by atoms with Gasteiger partial charge in [0.2, 0.25) is 17.7 Å². The molecule has 3 amide bonds. The van der Waals surface area contributed by atoms with E-state index in [2.05, 4.69) is 20.9 Å². The van der Waals surface area contributed by atoms with E-state index in [1.54, 1.807) is 19.0 Å². The summed E-state index contributed by atoms with van der Waals surface area (Å²) in [6.45, 7) is 0.922. The molecule has 5 N–H and O–H groups in total. The topological polar surface area (TPSA) is 129 Å². The number of nitrogens with one attached hydrogen (secondary N) is 3. The number of hydrogen-bond donors (Lipinski definition) is 4. The van der Waals surface area contributed by atoms with Crippen LogP contribution in [0.25, 0.3) is 0 Å². The Kier molecular flexibility index (Phi) is 11.6. The Bertz CT molecular complexity index is 706. The number of hydrogen-bond acceptors (Lipinski definition) is 4. The second kappa shape index (κ2) is 14.0. The van der Waals surface area contributed by atoms with Gasteiger partial charge in [0.15, 0.2) is 5.96 Å². The zero-order valence-electron chi connectivity index (χ0n) is 18.1. The van der Waals surface area contributed by atoms with Gasteiger partial charge in [-0.3, -0.25) is 19.4 Å². The predicted molar refractivity (Wildman–Crippen MR) is 118 cm³/mol. The Hall–Kier alpha value is -3.10. The number of carbonyl (C=O) groups excluding carboxylic acids is 3. The van der Waals surface area contributed by atoms with Gasteiger partial charge < -0.3 is 26.6 Å². The van der Waals surface area contributed by atoms with Crippen LogP contribution in [0.3, 0.4) is 0 Å². The van der Waals surface area contributed by atoms with Gasteiger partial charge in [0.1, 0.15) is 6.04 Å². The molecule has 0 saturated heterocycles. The zero-order chi connectivity index (χ0) is 22.4. The number of aliphatic imine (C=N–C) groups is 1. The zero-order valence-corrected chi connectivity index (χ0v) is 18.1. The highest BCUT2D eigenvalue weighted by Crippen LogP contribution is 2.02. The summed E-state index contributed by atoms with van der Waals surface area (Å²) >= 11 is 0. The molecule has 1 aromatic carbocycles. The van der Waals surface area contributed by atoms with Crippen LogP contribution in [-0.4, -0.2) is 68.9 Å². The third-order valence-corrected chi connectivity index (χ3v) is 4.45. The molecule has 1 aromatic rings. The van der Waals surface area contributed by atoms with Crippen molar-refractivity contribution in [1.82, 2.24) is 20.9 Å². The van der Waals surface area contributed by atoms with Crippen molar-refractivity contribution >= 4 is 23.7 Å². The standard InChI is InChI=1S/C21H34N6O3/c1-23-18(28)11-12-19(29)26-17(10-7-14-25-21(22)27(2)3)20(30)24-15-13-16-8-5-4-6-9-16/h4-6,8-9,17H,7,10-15H2,1-3H3,(H2,22,25)(H,23,28)(H,24,30)(H,26,29). The van der Waals surface area contributed by atoms with E-state index >= 15 is 0 Å². The third-order valence-electron chi connectivity index (χ3n) is 4.45. The van der Waals surface area contributed by atoms with E-state index in [1.165, 1.54) is 7.05 Å². The number of nitrogens with zero attached hydrogens (tertiary/aromatic N) is 2. The summed E-state index contributed by atoms with van der Waals surface area (Å²) in [5.74, 6) is -0.391. The summed E-state index contributed by atoms with van der Waals surface area (Å²) < 4.78 is 0. The summed E-state index contributed by atoms with van der Waals surface area (Å²) in [4.78, 5) is 42.1. The van der Waals surface area contributed by atoms with E-state index in [4.69, 9.17) is 5.73 Å². The van der Waals surface area contributed by atoms with Crippen molar-refractivity contribution < 1.29 is 14.4 Å². The lowest BCUT2D eigenvalue weighted by atomic mass is 10.1. The number of benzene rings is 1. The van der Waals surface area contributed by atoms with E-state index in [1.807, 2.05) is 30.3 Å². The lowest BCUT2D eigenvalue weighted by Crippen LogP contribution is -2.47. The average molecular weight is 419 g/mol. The summed E-state index contributed by atoms with van der Waals surface area (Å²) in [5.41, 5.74) is 6.89. The summed E-state index contributed by atoms with van der Waals surface area (Å²) in [7, 11) is 5.12. The Labute approximate surface area is 178 Å². The number of guanidine groups is 1. The van der Waals surface area contributed by atoms with Crippen LogP contribution < -0.4 is 21.7 Å². The molecule has 0 heterocycles. The van der Waals surface area contributed by atoms with E-state index in [-0.39, 0.29) is 30.6 Å². The van der Waals surface area contributed by atoms with E-state index in [0.29, 0.717) is 38.3 Å². The SMILES string of the molecule is CNC(=O)CCC(=O)NC(CCCN=C(N)N(C)C)C(=O)NCCc1ccccc1. The second-order valence-electron chi connectivity index (χ2n) is 7.10. The largest absolute Gasteiger partial charge is 0.370 e. The molecule has 166 valence electrons. The van der Waals surface area contributed by atoms with Gasteiger partial charge in [0.05, 0.1) is 0 Å². The van der Waals surface area contributed by atoms with Gasteiger partial charge in [-0.1, -0.05) is 30.3 Å². The van der Waals surface area contributed by atoms with Crippen molar-refractivity contribution in [2.45, 2.75) is 38.1 Å². The smallest absolute Gasteiger partial charge is 0.242 e. The minimum Gasteiger partial charge on any atom is -0.370 e. The Morgan fingerprint density at radius 1 is 1.10 bits per heavy atom. The maximum atomic E-state index is 12.6. The molecule has 9 heteroatoms. The number of carbonyl (C=O) groups is 3. The number of rotatable bonds is 12. The summed E-state index contributed by atoms with van der Waals surface area (Å²) in [6, 6.07) is 9.15. The van der Waals surface area contributed by atoms with Crippen LogP contribution in [0.15, 0.2) is 35.3 Å².